The molecule has 1 aromatic carbocycles. The highest BCUT2D eigenvalue weighted by Crippen LogP contribution is 2.41. The molecular weight excluding hydrogens is 266 g/mol. The van der Waals surface area contributed by atoms with Crippen molar-refractivity contribution in [1.29, 1.82) is 0 Å². The van der Waals surface area contributed by atoms with Crippen LogP contribution in [-0.2, 0) is 11.3 Å². The Morgan fingerprint density at radius 3 is 2.58 bits per heavy atom. The number of carbonyl (C=O) groups is 2. The molecule has 1 unspecified atom stereocenters. The number of ketones is 1. The number of rotatable bonds is 5. The summed E-state index contributed by atoms with van der Waals surface area (Å²) in [6.45, 7) is 3.01. The van der Waals surface area contributed by atoms with E-state index in [4.69, 9.17) is 16.7 Å². The number of carboxylic acid groups (broad SMARTS) is 1. The van der Waals surface area contributed by atoms with Crippen molar-refractivity contribution in [3.05, 3.63) is 34.3 Å². The topological polar surface area (TPSA) is 57.4 Å². The first-order chi connectivity index (χ1) is 9.06. The fraction of sp³-hybridized carbons (Fsp3) is 0.429. The van der Waals surface area contributed by atoms with Gasteiger partial charge >= 0.3 is 5.97 Å². The molecule has 0 spiro atoms. The van der Waals surface area contributed by atoms with Crippen LogP contribution in [0.5, 0.6) is 0 Å². The van der Waals surface area contributed by atoms with Crippen molar-refractivity contribution in [2.45, 2.75) is 13.0 Å². The number of hydrogen-bond donors (Lipinski definition) is 1. The fourth-order valence-corrected chi connectivity index (χ4v) is 2.51. The van der Waals surface area contributed by atoms with Gasteiger partial charge < -0.3 is 5.11 Å². The molecule has 100 valence electrons. The SMILES string of the molecule is O=C(c1ccc(CN2CC2)c(Cl)c1)C1C[C@@H]1C(=O)O. The van der Waals surface area contributed by atoms with Crippen LogP contribution in [0.4, 0.5) is 0 Å². The zero-order valence-electron chi connectivity index (χ0n) is 10.3. The molecule has 5 heteroatoms. The summed E-state index contributed by atoms with van der Waals surface area (Å²) in [6.07, 6.45) is 0.446. The molecule has 1 aliphatic heterocycles. The van der Waals surface area contributed by atoms with Crippen LogP contribution in [0.2, 0.25) is 5.02 Å². The van der Waals surface area contributed by atoms with Gasteiger partial charge in [0, 0.05) is 36.1 Å². The Morgan fingerprint density at radius 2 is 2.05 bits per heavy atom. The van der Waals surface area contributed by atoms with Crippen molar-refractivity contribution in [3.63, 3.8) is 0 Å². The normalized spacial score (nSPS) is 25.1. The average molecular weight is 280 g/mol. The molecule has 0 radical (unpaired) electrons. The standard InChI is InChI=1S/C14H14ClNO3/c15-12-5-8(1-2-9(12)7-16-3-4-16)13(17)10-6-11(10)14(18)19/h1-2,5,10-11H,3-4,6-7H2,(H,18,19)/t10?,11-/m0/s1. The highest BCUT2D eigenvalue weighted by molar-refractivity contribution is 6.31. The first-order valence-electron chi connectivity index (χ1n) is 6.34. The van der Waals surface area contributed by atoms with E-state index in [0.717, 1.165) is 25.2 Å². The molecule has 1 aromatic rings. The summed E-state index contributed by atoms with van der Waals surface area (Å²) >= 11 is 6.17. The third kappa shape index (κ3) is 2.65. The van der Waals surface area contributed by atoms with Gasteiger partial charge in [-0.25, -0.2) is 0 Å². The maximum atomic E-state index is 12.1. The molecule has 1 saturated heterocycles. The summed E-state index contributed by atoms with van der Waals surface area (Å²) in [5.41, 5.74) is 1.54. The Bertz CT molecular complexity index is 554. The first-order valence-corrected chi connectivity index (χ1v) is 6.72. The van der Waals surface area contributed by atoms with Crippen LogP contribution >= 0.6 is 11.6 Å². The van der Waals surface area contributed by atoms with Crippen molar-refractivity contribution in [1.82, 2.24) is 4.90 Å². The van der Waals surface area contributed by atoms with Gasteiger partial charge in [0.2, 0.25) is 0 Å². The van der Waals surface area contributed by atoms with Gasteiger partial charge in [-0.1, -0.05) is 23.7 Å². The predicted molar refractivity (Wildman–Crippen MR) is 70.3 cm³/mol. The Morgan fingerprint density at radius 1 is 1.32 bits per heavy atom. The minimum Gasteiger partial charge on any atom is -0.481 e. The third-order valence-electron chi connectivity index (χ3n) is 3.72. The summed E-state index contributed by atoms with van der Waals surface area (Å²) in [6, 6.07) is 5.29. The van der Waals surface area contributed by atoms with Crippen molar-refractivity contribution in [2.75, 3.05) is 13.1 Å². The van der Waals surface area contributed by atoms with E-state index >= 15 is 0 Å². The smallest absolute Gasteiger partial charge is 0.307 e. The Balaban J connectivity index is 1.73. The van der Waals surface area contributed by atoms with Crippen molar-refractivity contribution >= 4 is 23.4 Å². The average Bonchev–Trinajstić information content (AvgIpc) is 3.24. The molecule has 4 nitrogen and oxygen atoms in total. The van der Waals surface area contributed by atoms with Gasteiger partial charge in [0.15, 0.2) is 5.78 Å². The number of carboxylic acids is 1. The maximum Gasteiger partial charge on any atom is 0.307 e. The number of benzene rings is 1. The molecule has 2 fully saturated rings. The van der Waals surface area contributed by atoms with E-state index < -0.39 is 11.9 Å². The summed E-state index contributed by atoms with van der Waals surface area (Å²) in [7, 11) is 0. The minimum absolute atomic E-state index is 0.104. The maximum absolute atomic E-state index is 12.1. The minimum atomic E-state index is -0.886. The van der Waals surface area contributed by atoms with Crippen LogP contribution in [0.15, 0.2) is 18.2 Å². The molecule has 19 heavy (non-hydrogen) atoms. The molecule has 0 bridgehead atoms. The molecule has 1 heterocycles. The number of nitrogens with zero attached hydrogens (tertiary/aromatic N) is 1. The molecule has 0 amide bonds. The lowest BCUT2D eigenvalue weighted by atomic mass is 10.0. The van der Waals surface area contributed by atoms with E-state index in [-0.39, 0.29) is 11.7 Å². The monoisotopic (exact) mass is 279 g/mol. The quantitative estimate of drug-likeness (QED) is 0.662. The van der Waals surface area contributed by atoms with E-state index in [1.165, 1.54) is 0 Å². The Hall–Kier alpha value is -1.39. The van der Waals surface area contributed by atoms with E-state index in [2.05, 4.69) is 4.90 Å². The highest BCUT2D eigenvalue weighted by atomic mass is 35.5. The molecule has 1 saturated carbocycles. The second kappa shape index (κ2) is 4.62. The van der Waals surface area contributed by atoms with Crippen molar-refractivity contribution in [2.24, 2.45) is 11.8 Å². The lowest BCUT2D eigenvalue weighted by molar-refractivity contribution is -0.138. The van der Waals surface area contributed by atoms with E-state index in [9.17, 15) is 9.59 Å². The van der Waals surface area contributed by atoms with Gasteiger partial charge in [0.1, 0.15) is 0 Å². The lowest BCUT2D eigenvalue weighted by Gasteiger charge is -2.07. The number of Topliss-reactive ketones (excluding diaryl/α,β-unsaturated/α-hetero) is 1. The van der Waals surface area contributed by atoms with E-state index in [1.54, 1.807) is 12.1 Å². The van der Waals surface area contributed by atoms with Crippen molar-refractivity contribution in [3.8, 4) is 0 Å². The Kier molecular flexibility index (Phi) is 3.07. The van der Waals surface area contributed by atoms with Crippen LogP contribution in [0, 0.1) is 11.8 Å². The molecule has 3 rings (SSSR count). The largest absolute Gasteiger partial charge is 0.481 e. The molecule has 2 aliphatic rings. The van der Waals surface area contributed by atoms with Crippen LogP contribution in [0.1, 0.15) is 22.3 Å². The molecule has 0 aromatic heterocycles. The number of hydrogen-bond acceptors (Lipinski definition) is 3. The van der Waals surface area contributed by atoms with E-state index in [0.29, 0.717) is 17.0 Å². The number of carbonyl (C=O) groups excluding carboxylic acids is 1. The van der Waals surface area contributed by atoms with Gasteiger partial charge in [0.25, 0.3) is 0 Å². The summed E-state index contributed by atoms with van der Waals surface area (Å²) in [5, 5.41) is 9.43. The number of aliphatic carboxylic acids is 1. The van der Waals surface area contributed by atoms with Crippen LogP contribution in [0.25, 0.3) is 0 Å². The molecule has 1 N–H and O–H groups in total. The molecule has 1 aliphatic carbocycles. The van der Waals surface area contributed by atoms with E-state index in [1.807, 2.05) is 6.07 Å². The van der Waals surface area contributed by atoms with Gasteiger partial charge in [-0.05, 0) is 18.1 Å². The fourth-order valence-electron chi connectivity index (χ4n) is 2.27. The second-order valence-corrected chi connectivity index (χ2v) is 5.64. The zero-order chi connectivity index (χ0) is 13.6. The highest BCUT2D eigenvalue weighted by Gasteiger charge is 2.48. The zero-order valence-corrected chi connectivity index (χ0v) is 11.1. The van der Waals surface area contributed by atoms with Gasteiger partial charge in [-0.2, -0.15) is 0 Å². The van der Waals surface area contributed by atoms with Gasteiger partial charge in [-0.15, -0.1) is 0 Å². The summed E-state index contributed by atoms with van der Waals surface area (Å²) < 4.78 is 0. The summed E-state index contributed by atoms with van der Waals surface area (Å²) in [5.74, 6) is -1.87. The van der Waals surface area contributed by atoms with Gasteiger partial charge in [-0.3, -0.25) is 14.5 Å². The Labute approximate surface area is 116 Å². The van der Waals surface area contributed by atoms with Crippen molar-refractivity contribution < 1.29 is 14.7 Å². The first kappa shape index (κ1) is 12.6. The van der Waals surface area contributed by atoms with Crippen LogP contribution in [-0.4, -0.2) is 34.8 Å². The summed E-state index contributed by atoms with van der Waals surface area (Å²) in [4.78, 5) is 25.1. The second-order valence-electron chi connectivity index (χ2n) is 5.23. The van der Waals surface area contributed by atoms with Crippen LogP contribution in [0.3, 0.4) is 0 Å². The predicted octanol–water partition coefficient (Wildman–Crippen LogP) is 2.06. The molecular formula is C14H14ClNO3. The lowest BCUT2D eigenvalue weighted by Crippen LogP contribution is -2.08. The van der Waals surface area contributed by atoms with Gasteiger partial charge in [0.05, 0.1) is 5.92 Å². The molecule has 2 atom stereocenters. The number of halogens is 1. The third-order valence-corrected chi connectivity index (χ3v) is 4.07. The van der Waals surface area contributed by atoms with Crippen LogP contribution < -0.4 is 0 Å².